The predicted octanol–water partition coefficient (Wildman–Crippen LogP) is -3.14. The zero-order valence-electron chi connectivity index (χ0n) is 15.7. The minimum atomic E-state index is -4.87. The van der Waals surface area contributed by atoms with Crippen LogP contribution in [0.5, 0.6) is 0 Å². The second kappa shape index (κ2) is 11.2. The SMILES string of the molecule is O=C1C=CC(=O)N1CCCCCCCCON1C(=O)CC(S(=O)(=O)[O-])C1=O.[Na+]. The molecule has 0 aromatic carbocycles. The fraction of sp³-hybridized carbons (Fsp3) is 0.625. The second-order valence-electron chi connectivity index (χ2n) is 6.33. The molecule has 0 radical (unpaired) electrons. The molecule has 0 aromatic heterocycles. The number of rotatable bonds is 11. The van der Waals surface area contributed by atoms with Gasteiger partial charge in [0.15, 0.2) is 0 Å². The molecule has 2 heterocycles. The maximum atomic E-state index is 11.7. The van der Waals surface area contributed by atoms with Crippen LogP contribution in [0.15, 0.2) is 12.2 Å². The summed E-state index contributed by atoms with van der Waals surface area (Å²) in [6, 6.07) is 0. The fourth-order valence-electron chi connectivity index (χ4n) is 2.83. The number of carbonyl (C=O) groups is 4. The number of hydrogen-bond donors (Lipinski definition) is 0. The third kappa shape index (κ3) is 6.75. The van der Waals surface area contributed by atoms with E-state index in [0.29, 0.717) is 18.0 Å². The van der Waals surface area contributed by atoms with E-state index < -0.39 is 33.6 Å². The summed E-state index contributed by atoms with van der Waals surface area (Å²) < 4.78 is 32.7. The first kappa shape index (κ1) is 24.9. The van der Waals surface area contributed by atoms with Crippen LogP contribution in [0, 0.1) is 0 Å². The van der Waals surface area contributed by atoms with Crippen LogP contribution >= 0.6 is 0 Å². The summed E-state index contributed by atoms with van der Waals surface area (Å²) in [4.78, 5) is 52.2. The Morgan fingerprint density at radius 3 is 2.04 bits per heavy atom. The van der Waals surface area contributed by atoms with Gasteiger partial charge in [-0.25, -0.2) is 8.42 Å². The van der Waals surface area contributed by atoms with Crippen LogP contribution in [0.4, 0.5) is 0 Å². The van der Waals surface area contributed by atoms with Crippen molar-refractivity contribution in [2.24, 2.45) is 0 Å². The average molecular weight is 424 g/mol. The Labute approximate surface area is 185 Å². The van der Waals surface area contributed by atoms with Crippen LogP contribution in [-0.2, 0) is 34.1 Å². The van der Waals surface area contributed by atoms with Gasteiger partial charge in [0.2, 0.25) is 0 Å². The molecule has 0 spiro atoms. The zero-order chi connectivity index (χ0) is 20.0. The van der Waals surface area contributed by atoms with Crippen molar-refractivity contribution in [2.75, 3.05) is 13.2 Å². The third-order valence-electron chi connectivity index (χ3n) is 4.31. The van der Waals surface area contributed by atoms with Crippen LogP contribution in [-0.4, -0.2) is 65.0 Å². The largest absolute Gasteiger partial charge is 1.00 e. The van der Waals surface area contributed by atoms with Gasteiger partial charge in [0.05, 0.1) is 13.0 Å². The molecule has 10 nitrogen and oxygen atoms in total. The van der Waals surface area contributed by atoms with Gasteiger partial charge in [-0.1, -0.05) is 25.7 Å². The molecule has 2 aliphatic heterocycles. The van der Waals surface area contributed by atoms with Gasteiger partial charge >= 0.3 is 29.6 Å². The monoisotopic (exact) mass is 424 g/mol. The van der Waals surface area contributed by atoms with Crippen LogP contribution < -0.4 is 29.6 Å². The fourth-order valence-corrected chi connectivity index (χ4v) is 3.52. The van der Waals surface area contributed by atoms with Crippen LogP contribution in [0.3, 0.4) is 0 Å². The van der Waals surface area contributed by atoms with Crippen molar-refractivity contribution in [1.82, 2.24) is 9.96 Å². The van der Waals surface area contributed by atoms with E-state index in [0.717, 1.165) is 32.1 Å². The zero-order valence-corrected chi connectivity index (χ0v) is 18.5. The van der Waals surface area contributed by atoms with Gasteiger partial charge < -0.3 is 4.55 Å². The Balaban J connectivity index is 0.00000392. The van der Waals surface area contributed by atoms with Crippen LogP contribution in [0.1, 0.15) is 44.9 Å². The smallest absolute Gasteiger partial charge is 0.747 e. The quantitative estimate of drug-likeness (QED) is 0.147. The molecule has 0 N–H and O–H groups in total. The molecule has 2 aliphatic rings. The van der Waals surface area contributed by atoms with Gasteiger partial charge in [-0.3, -0.25) is 28.9 Å². The van der Waals surface area contributed by atoms with Crippen molar-refractivity contribution in [2.45, 2.75) is 50.2 Å². The number of nitrogens with zero attached hydrogens (tertiary/aromatic N) is 2. The Morgan fingerprint density at radius 2 is 1.50 bits per heavy atom. The van der Waals surface area contributed by atoms with E-state index in [1.165, 1.54) is 17.1 Å². The van der Waals surface area contributed by atoms with E-state index in [1.807, 2.05) is 0 Å². The number of carbonyl (C=O) groups excluding carboxylic acids is 4. The molecule has 1 atom stereocenters. The van der Waals surface area contributed by atoms with E-state index >= 15 is 0 Å². The van der Waals surface area contributed by atoms with E-state index in [2.05, 4.69) is 0 Å². The minimum absolute atomic E-state index is 0. The molecular formula is C16H21N2NaO8S. The molecule has 1 saturated heterocycles. The molecule has 28 heavy (non-hydrogen) atoms. The standard InChI is InChI=1S/C16H22N2O8S.Na/c19-13-7-8-14(20)17(13)9-5-3-1-2-4-6-10-26-18-15(21)11-12(16(18)22)27(23,24)25;/h7-8,12H,1-6,9-11H2,(H,23,24,25);/q;+1/p-1. The molecule has 1 unspecified atom stereocenters. The van der Waals surface area contributed by atoms with Crippen molar-refractivity contribution in [3.05, 3.63) is 12.2 Å². The molecule has 12 heteroatoms. The number of imide groups is 2. The van der Waals surface area contributed by atoms with Gasteiger partial charge in [-0.15, -0.1) is 0 Å². The van der Waals surface area contributed by atoms with E-state index in [9.17, 15) is 32.1 Å². The number of unbranched alkanes of at least 4 members (excludes halogenated alkanes) is 5. The maximum absolute atomic E-state index is 11.7. The Bertz CT molecular complexity index is 734. The molecule has 0 bridgehead atoms. The summed E-state index contributed by atoms with van der Waals surface area (Å²) in [5, 5.41) is -1.52. The summed E-state index contributed by atoms with van der Waals surface area (Å²) in [5.74, 6) is -2.52. The number of hydrogen-bond acceptors (Lipinski definition) is 8. The predicted molar refractivity (Wildman–Crippen MR) is 89.5 cm³/mol. The Kier molecular flexibility index (Phi) is 9.95. The Morgan fingerprint density at radius 1 is 0.964 bits per heavy atom. The summed E-state index contributed by atoms with van der Waals surface area (Å²) in [6.45, 7) is 0.461. The molecular weight excluding hydrogens is 403 g/mol. The molecule has 150 valence electrons. The average Bonchev–Trinajstić information content (AvgIpc) is 3.06. The summed E-state index contributed by atoms with van der Waals surface area (Å²) >= 11 is 0. The molecule has 0 saturated carbocycles. The Hall–Kier alpha value is -1.11. The molecule has 4 amide bonds. The van der Waals surface area contributed by atoms with Crippen molar-refractivity contribution in [1.29, 1.82) is 0 Å². The van der Waals surface area contributed by atoms with Gasteiger partial charge in [0, 0.05) is 18.7 Å². The first-order valence-electron chi connectivity index (χ1n) is 8.70. The topological polar surface area (TPSA) is 141 Å². The molecule has 0 aliphatic carbocycles. The number of amides is 4. The van der Waals surface area contributed by atoms with E-state index in [1.54, 1.807) is 0 Å². The van der Waals surface area contributed by atoms with Gasteiger partial charge in [-0.05, 0) is 12.8 Å². The van der Waals surface area contributed by atoms with Gasteiger partial charge in [-0.2, -0.15) is 5.06 Å². The van der Waals surface area contributed by atoms with Gasteiger partial charge in [0.1, 0.15) is 15.4 Å². The molecule has 0 aromatic rings. The van der Waals surface area contributed by atoms with Crippen LogP contribution in [0.25, 0.3) is 0 Å². The first-order chi connectivity index (χ1) is 12.7. The van der Waals surface area contributed by atoms with E-state index in [-0.39, 0.29) is 48.0 Å². The molecule has 2 rings (SSSR count). The summed E-state index contributed by atoms with van der Waals surface area (Å²) in [7, 11) is -4.87. The van der Waals surface area contributed by atoms with Crippen molar-refractivity contribution < 1.29 is 66.5 Å². The second-order valence-corrected chi connectivity index (χ2v) is 7.88. The summed E-state index contributed by atoms with van der Waals surface area (Å²) in [6.07, 6.45) is 6.48. The first-order valence-corrected chi connectivity index (χ1v) is 10.2. The molecule has 1 fully saturated rings. The minimum Gasteiger partial charge on any atom is -0.747 e. The van der Waals surface area contributed by atoms with Crippen molar-refractivity contribution in [3.8, 4) is 0 Å². The third-order valence-corrected chi connectivity index (χ3v) is 5.37. The van der Waals surface area contributed by atoms with Crippen molar-refractivity contribution in [3.63, 3.8) is 0 Å². The normalized spacial score (nSPS) is 19.7. The summed E-state index contributed by atoms with van der Waals surface area (Å²) in [5.41, 5.74) is 0. The van der Waals surface area contributed by atoms with Crippen LogP contribution in [0.2, 0.25) is 0 Å². The number of hydroxylamine groups is 2. The maximum Gasteiger partial charge on any atom is 1.00 e. The van der Waals surface area contributed by atoms with Crippen molar-refractivity contribution >= 4 is 33.7 Å². The van der Waals surface area contributed by atoms with E-state index in [4.69, 9.17) is 4.84 Å². The van der Waals surface area contributed by atoms with Gasteiger partial charge in [0.25, 0.3) is 23.6 Å².